The number of nitrogens with zero attached hydrogens (tertiary/aromatic N) is 1. The van der Waals surface area contributed by atoms with Crippen molar-refractivity contribution in [3.8, 4) is 5.75 Å². The van der Waals surface area contributed by atoms with Crippen molar-refractivity contribution in [2.45, 2.75) is 85.2 Å². The zero-order valence-corrected chi connectivity index (χ0v) is 27.2. The Kier molecular flexibility index (Phi) is 13.2. The molecule has 2 N–H and O–H groups in total. The van der Waals surface area contributed by atoms with Crippen molar-refractivity contribution in [3.05, 3.63) is 28.2 Å². The summed E-state index contributed by atoms with van der Waals surface area (Å²) in [5, 5.41) is 5.34. The predicted molar refractivity (Wildman–Crippen MR) is 156 cm³/mol. The molecule has 0 radical (unpaired) electrons. The molecule has 0 fully saturated rings. The molecule has 41 heavy (non-hydrogen) atoms. The molecule has 13 heteroatoms. The van der Waals surface area contributed by atoms with Gasteiger partial charge in [-0.15, -0.1) is 0 Å². The molecule has 1 atom stereocenters. The van der Waals surface area contributed by atoms with E-state index in [1.54, 1.807) is 80.5 Å². The molecule has 0 aliphatic heterocycles. The van der Waals surface area contributed by atoms with Crippen LogP contribution in [0.5, 0.6) is 5.75 Å². The summed E-state index contributed by atoms with van der Waals surface area (Å²) in [6.07, 6.45) is -2.04. The van der Waals surface area contributed by atoms with Crippen LogP contribution in [0.1, 0.15) is 72.7 Å². The maximum absolute atomic E-state index is 13.1. The lowest BCUT2D eigenvalue weighted by Gasteiger charge is -2.31. The Labute approximate surface area is 250 Å². The number of hydrogen-bond donors (Lipinski definition) is 2. The molecule has 1 rings (SSSR count). The quantitative estimate of drug-likeness (QED) is 0.257. The first-order chi connectivity index (χ1) is 18.7. The first-order valence-corrected chi connectivity index (χ1v) is 13.9. The van der Waals surface area contributed by atoms with Crippen molar-refractivity contribution in [2.24, 2.45) is 0 Å². The number of hydrogen-bond acceptors (Lipinski definition) is 9. The fourth-order valence-corrected chi connectivity index (χ4v) is 3.52. The third kappa shape index (κ3) is 15.4. The molecule has 1 unspecified atom stereocenters. The van der Waals surface area contributed by atoms with Gasteiger partial charge in [-0.25, -0.2) is 19.2 Å². The van der Waals surface area contributed by atoms with Crippen LogP contribution in [0.25, 0.3) is 0 Å². The van der Waals surface area contributed by atoms with E-state index in [1.807, 2.05) is 0 Å². The lowest BCUT2D eigenvalue weighted by atomic mass is 10.2. The number of esters is 1. The maximum Gasteiger partial charge on any atom is 0.410 e. The smallest absolute Gasteiger partial charge is 0.410 e. The number of alkyl carbamates (subject to hydrolysis) is 2. The minimum absolute atomic E-state index is 0.0341. The van der Waals surface area contributed by atoms with Gasteiger partial charge in [0, 0.05) is 24.1 Å². The van der Waals surface area contributed by atoms with Crippen LogP contribution in [0.2, 0.25) is 0 Å². The highest BCUT2D eigenvalue weighted by Gasteiger charge is 2.28. The molecule has 0 heterocycles. The van der Waals surface area contributed by atoms with E-state index < -0.39 is 47.1 Å². The Morgan fingerprint density at radius 2 is 1.44 bits per heavy atom. The number of nitrogens with one attached hydrogen (secondary N) is 2. The highest BCUT2D eigenvalue weighted by molar-refractivity contribution is 9.10. The van der Waals surface area contributed by atoms with Gasteiger partial charge in [0.2, 0.25) is 0 Å². The van der Waals surface area contributed by atoms with Gasteiger partial charge in [0.25, 0.3) is 0 Å². The summed E-state index contributed by atoms with van der Waals surface area (Å²) in [6, 6.07) is 4.00. The SMILES string of the molecule is COC(=O)c1cc(Br)ccc1OCC(CN(CCNC(=O)OC(C)(C)C)C(=O)OC(C)(C)C)NC(=O)OC(C)(C)C. The number of ether oxygens (including phenoxy) is 5. The number of carbonyl (C=O) groups is 4. The van der Waals surface area contributed by atoms with Crippen molar-refractivity contribution in [1.82, 2.24) is 15.5 Å². The molecule has 0 aromatic heterocycles. The predicted octanol–water partition coefficient (Wildman–Crippen LogP) is 5.27. The van der Waals surface area contributed by atoms with Crippen molar-refractivity contribution < 1.29 is 42.9 Å². The van der Waals surface area contributed by atoms with Crippen LogP contribution >= 0.6 is 15.9 Å². The molecular formula is C28H44BrN3O9. The molecule has 0 spiro atoms. The topological polar surface area (TPSA) is 142 Å². The van der Waals surface area contributed by atoms with Gasteiger partial charge in [-0.1, -0.05) is 15.9 Å². The van der Waals surface area contributed by atoms with Crippen LogP contribution in [0.3, 0.4) is 0 Å². The van der Waals surface area contributed by atoms with Crippen LogP contribution in [0, 0.1) is 0 Å². The maximum atomic E-state index is 13.1. The fraction of sp³-hybridized carbons (Fsp3) is 0.643. The monoisotopic (exact) mass is 645 g/mol. The number of rotatable bonds is 10. The Morgan fingerprint density at radius 3 is 1.98 bits per heavy atom. The van der Waals surface area contributed by atoms with E-state index in [-0.39, 0.29) is 37.6 Å². The average Bonchev–Trinajstić information content (AvgIpc) is 2.78. The standard InChI is InChI=1S/C28H44BrN3O9/c1-26(2,3)39-23(34)30-13-14-32(25(36)41-28(7,8)9)16-19(31-24(35)40-27(4,5)6)17-38-21-12-11-18(29)15-20(21)22(33)37-10/h11-12,15,19H,13-14,16-17H2,1-10H3,(H,30,34)(H,31,35). The summed E-state index contributed by atoms with van der Waals surface area (Å²) < 4.78 is 27.6. The van der Waals surface area contributed by atoms with E-state index in [2.05, 4.69) is 26.6 Å². The summed E-state index contributed by atoms with van der Waals surface area (Å²) in [6.45, 7) is 15.4. The van der Waals surface area contributed by atoms with Gasteiger partial charge in [0.15, 0.2) is 0 Å². The molecule has 232 valence electrons. The van der Waals surface area contributed by atoms with Gasteiger partial charge < -0.3 is 39.2 Å². The molecule has 1 aromatic carbocycles. The molecule has 1 aromatic rings. The molecule has 0 saturated carbocycles. The molecule has 12 nitrogen and oxygen atoms in total. The van der Waals surface area contributed by atoms with Crippen molar-refractivity contribution in [2.75, 3.05) is 33.4 Å². The van der Waals surface area contributed by atoms with Gasteiger partial charge >= 0.3 is 24.2 Å². The number of methoxy groups -OCH3 is 1. The molecule has 0 aliphatic carbocycles. The van der Waals surface area contributed by atoms with Crippen LogP contribution in [0.4, 0.5) is 14.4 Å². The van der Waals surface area contributed by atoms with E-state index in [0.29, 0.717) is 4.47 Å². The van der Waals surface area contributed by atoms with Crippen LogP contribution in [-0.2, 0) is 18.9 Å². The summed E-state index contributed by atoms with van der Waals surface area (Å²) in [7, 11) is 1.25. The Morgan fingerprint density at radius 1 is 0.878 bits per heavy atom. The minimum Gasteiger partial charge on any atom is -0.490 e. The van der Waals surface area contributed by atoms with Crippen LogP contribution in [-0.4, -0.2) is 85.3 Å². The Bertz CT molecular complexity index is 1060. The summed E-state index contributed by atoms with van der Waals surface area (Å²) >= 11 is 3.32. The van der Waals surface area contributed by atoms with Crippen LogP contribution in [0.15, 0.2) is 22.7 Å². The molecule has 0 aliphatic rings. The normalized spacial score (nSPS) is 12.5. The zero-order valence-electron chi connectivity index (χ0n) is 25.6. The van der Waals surface area contributed by atoms with Crippen molar-refractivity contribution in [3.63, 3.8) is 0 Å². The summed E-state index contributed by atoms with van der Waals surface area (Å²) in [5.41, 5.74) is -2.10. The van der Waals surface area contributed by atoms with E-state index in [4.69, 9.17) is 23.7 Å². The first-order valence-electron chi connectivity index (χ1n) is 13.1. The number of benzene rings is 1. The van der Waals surface area contributed by atoms with Gasteiger partial charge in [-0.2, -0.15) is 0 Å². The number of amides is 3. The lowest BCUT2D eigenvalue weighted by molar-refractivity contribution is 0.0190. The fourth-order valence-electron chi connectivity index (χ4n) is 3.16. The van der Waals surface area contributed by atoms with Gasteiger partial charge in [0.1, 0.15) is 34.7 Å². The molecule has 3 amide bonds. The third-order valence-electron chi connectivity index (χ3n) is 4.65. The summed E-state index contributed by atoms with van der Waals surface area (Å²) in [4.78, 5) is 51.6. The molecule has 0 saturated heterocycles. The van der Waals surface area contributed by atoms with E-state index in [0.717, 1.165) is 0 Å². The van der Waals surface area contributed by atoms with Crippen molar-refractivity contribution >= 4 is 40.2 Å². The van der Waals surface area contributed by atoms with Gasteiger partial charge in [-0.3, -0.25) is 0 Å². The second kappa shape index (κ2) is 15.1. The first kappa shape index (κ1) is 35.8. The summed E-state index contributed by atoms with van der Waals surface area (Å²) in [5.74, 6) is -0.395. The number of carbonyl (C=O) groups excluding carboxylic acids is 4. The van der Waals surface area contributed by atoms with Gasteiger partial charge in [0.05, 0.1) is 13.2 Å². The van der Waals surface area contributed by atoms with Gasteiger partial charge in [-0.05, 0) is 80.5 Å². The highest BCUT2D eigenvalue weighted by Crippen LogP contribution is 2.24. The van der Waals surface area contributed by atoms with E-state index in [1.165, 1.54) is 12.0 Å². The highest BCUT2D eigenvalue weighted by atomic mass is 79.9. The Balaban J connectivity index is 3.20. The second-order valence-corrected chi connectivity index (χ2v) is 13.1. The van der Waals surface area contributed by atoms with E-state index >= 15 is 0 Å². The molecular weight excluding hydrogens is 602 g/mol. The van der Waals surface area contributed by atoms with Crippen LogP contribution < -0.4 is 15.4 Å². The second-order valence-electron chi connectivity index (χ2n) is 12.1. The average molecular weight is 647 g/mol. The largest absolute Gasteiger partial charge is 0.490 e. The Hall–Kier alpha value is -3.22. The minimum atomic E-state index is -0.812. The van der Waals surface area contributed by atoms with Crippen molar-refractivity contribution in [1.29, 1.82) is 0 Å². The zero-order chi connectivity index (χ0) is 31.6. The lowest BCUT2D eigenvalue weighted by Crippen LogP contribution is -2.52. The van der Waals surface area contributed by atoms with E-state index in [9.17, 15) is 19.2 Å². The third-order valence-corrected chi connectivity index (χ3v) is 5.14. The molecule has 0 bridgehead atoms. The number of halogens is 1.